The van der Waals surface area contributed by atoms with Crippen molar-refractivity contribution in [3.05, 3.63) is 40.8 Å². The third kappa shape index (κ3) is 3.64. The van der Waals surface area contributed by atoms with E-state index < -0.39 is 0 Å². The number of nitrogens with zero attached hydrogens (tertiary/aromatic N) is 4. The van der Waals surface area contributed by atoms with Crippen LogP contribution in [0.1, 0.15) is 28.9 Å². The maximum Gasteiger partial charge on any atom is 0.257 e. The zero-order valence-electron chi connectivity index (χ0n) is 13.2. The van der Waals surface area contributed by atoms with Crippen molar-refractivity contribution >= 4 is 17.5 Å². The van der Waals surface area contributed by atoms with Gasteiger partial charge in [-0.3, -0.25) is 9.48 Å². The molecule has 2 aromatic heterocycles. The van der Waals surface area contributed by atoms with Crippen molar-refractivity contribution in [3.8, 4) is 5.88 Å². The minimum atomic E-state index is -0.0571. The Balaban J connectivity index is 1.67. The van der Waals surface area contributed by atoms with Gasteiger partial charge < -0.3 is 9.64 Å². The number of amides is 1. The monoisotopic (exact) mass is 334 g/mol. The SMILES string of the molecule is Cc1nn(C)cc1C(=O)N1CCCC(Oc2ccc(Cl)cn2)C1. The molecule has 0 spiro atoms. The highest BCUT2D eigenvalue weighted by molar-refractivity contribution is 6.30. The molecule has 0 radical (unpaired) electrons. The highest BCUT2D eigenvalue weighted by Gasteiger charge is 2.27. The number of carbonyl (C=O) groups excluding carboxylic acids is 1. The van der Waals surface area contributed by atoms with Gasteiger partial charge in [0.2, 0.25) is 5.88 Å². The molecular weight excluding hydrogens is 316 g/mol. The number of halogens is 1. The Morgan fingerprint density at radius 2 is 2.26 bits per heavy atom. The molecule has 0 aliphatic carbocycles. The Hall–Kier alpha value is -2.08. The predicted molar refractivity (Wildman–Crippen MR) is 86.7 cm³/mol. The van der Waals surface area contributed by atoms with Crippen molar-refractivity contribution in [2.75, 3.05) is 13.1 Å². The molecule has 0 saturated carbocycles. The Morgan fingerprint density at radius 1 is 1.43 bits per heavy atom. The number of piperidine rings is 1. The van der Waals surface area contributed by atoms with Crippen LogP contribution in [0.4, 0.5) is 0 Å². The summed E-state index contributed by atoms with van der Waals surface area (Å²) in [7, 11) is 1.82. The first-order valence-electron chi connectivity index (χ1n) is 7.60. The molecule has 1 aliphatic heterocycles. The molecule has 0 aromatic carbocycles. The average molecular weight is 335 g/mol. The molecule has 2 aromatic rings. The summed E-state index contributed by atoms with van der Waals surface area (Å²) >= 11 is 5.82. The van der Waals surface area contributed by atoms with E-state index in [1.165, 1.54) is 0 Å². The van der Waals surface area contributed by atoms with Crippen LogP contribution in [0.25, 0.3) is 0 Å². The topological polar surface area (TPSA) is 60.2 Å². The number of pyridine rings is 1. The molecule has 1 aliphatic rings. The van der Waals surface area contributed by atoms with Gasteiger partial charge in [-0.15, -0.1) is 0 Å². The van der Waals surface area contributed by atoms with Gasteiger partial charge >= 0.3 is 0 Å². The van der Waals surface area contributed by atoms with Crippen molar-refractivity contribution in [2.24, 2.45) is 7.05 Å². The van der Waals surface area contributed by atoms with Gasteiger partial charge in [0.25, 0.3) is 5.91 Å². The van der Waals surface area contributed by atoms with E-state index in [0.717, 1.165) is 25.1 Å². The number of ether oxygens (including phenoxy) is 1. The molecule has 6 nitrogen and oxygen atoms in total. The summed E-state index contributed by atoms with van der Waals surface area (Å²) in [6.07, 6.45) is 5.08. The van der Waals surface area contributed by atoms with Gasteiger partial charge in [-0.25, -0.2) is 4.98 Å². The Morgan fingerprint density at radius 3 is 2.91 bits per heavy atom. The van der Waals surface area contributed by atoms with Crippen molar-refractivity contribution < 1.29 is 9.53 Å². The van der Waals surface area contributed by atoms with Crippen LogP contribution >= 0.6 is 11.6 Å². The number of hydrogen-bond acceptors (Lipinski definition) is 4. The van der Waals surface area contributed by atoms with E-state index in [4.69, 9.17) is 16.3 Å². The second-order valence-electron chi connectivity index (χ2n) is 5.75. The summed E-state index contributed by atoms with van der Waals surface area (Å²) in [5, 5.41) is 4.81. The van der Waals surface area contributed by atoms with Crippen LogP contribution in [0.5, 0.6) is 5.88 Å². The highest BCUT2D eigenvalue weighted by atomic mass is 35.5. The zero-order chi connectivity index (χ0) is 16.4. The zero-order valence-corrected chi connectivity index (χ0v) is 14.0. The third-order valence-electron chi connectivity index (χ3n) is 3.90. The molecule has 0 N–H and O–H groups in total. The molecule has 1 atom stereocenters. The number of aromatic nitrogens is 3. The lowest BCUT2D eigenvalue weighted by Crippen LogP contribution is -2.44. The van der Waals surface area contributed by atoms with Crippen LogP contribution in [-0.2, 0) is 7.05 Å². The summed E-state index contributed by atoms with van der Waals surface area (Å²) in [5.41, 5.74) is 1.40. The normalized spacial score (nSPS) is 18.0. The number of hydrogen-bond donors (Lipinski definition) is 0. The van der Waals surface area contributed by atoms with Crippen molar-refractivity contribution in [1.82, 2.24) is 19.7 Å². The van der Waals surface area contributed by atoms with Gasteiger partial charge in [0.1, 0.15) is 6.10 Å². The minimum absolute atomic E-state index is 0.00738. The largest absolute Gasteiger partial charge is 0.472 e. The molecule has 23 heavy (non-hydrogen) atoms. The average Bonchev–Trinajstić information content (AvgIpc) is 2.88. The van der Waals surface area contributed by atoms with Crippen LogP contribution in [0.15, 0.2) is 24.5 Å². The quantitative estimate of drug-likeness (QED) is 0.865. The van der Waals surface area contributed by atoms with Crippen LogP contribution in [-0.4, -0.2) is 44.8 Å². The van der Waals surface area contributed by atoms with E-state index in [9.17, 15) is 4.79 Å². The van der Waals surface area contributed by atoms with E-state index in [1.807, 2.05) is 18.9 Å². The standard InChI is InChI=1S/C16H19ClN4O2/c1-11-14(10-20(2)19-11)16(22)21-7-3-4-13(9-21)23-15-6-5-12(17)8-18-15/h5-6,8,10,13H,3-4,7,9H2,1-2H3. The number of likely N-dealkylation sites (tertiary alicyclic amines) is 1. The Bertz CT molecular complexity index is 699. The lowest BCUT2D eigenvalue weighted by Gasteiger charge is -2.32. The number of carbonyl (C=O) groups is 1. The fraction of sp³-hybridized carbons (Fsp3) is 0.438. The second-order valence-corrected chi connectivity index (χ2v) is 6.19. The van der Waals surface area contributed by atoms with Gasteiger partial charge in [0.15, 0.2) is 0 Å². The predicted octanol–water partition coefficient (Wildman–Crippen LogP) is 2.46. The molecule has 3 rings (SSSR count). The molecular formula is C16H19ClN4O2. The summed E-state index contributed by atoms with van der Waals surface area (Å²) in [6.45, 7) is 3.14. The molecule has 1 fully saturated rings. The van der Waals surface area contributed by atoms with E-state index in [-0.39, 0.29) is 12.0 Å². The lowest BCUT2D eigenvalue weighted by atomic mass is 10.1. The van der Waals surface area contributed by atoms with Crippen LogP contribution in [0.3, 0.4) is 0 Å². The van der Waals surface area contributed by atoms with Gasteiger partial charge in [-0.1, -0.05) is 11.6 Å². The first kappa shape index (κ1) is 15.8. The van der Waals surface area contributed by atoms with Gasteiger partial charge in [0, 0.05) is 32.1 Å². The number of rotatable bonds is 3. The Labute approximate surface area is 140 Å². The molecule has 1 saturated heterocycles. The van der Waals surface area contributed by atoms with Crippen LogP contribution < -0.4 is 4.74 Å². The highest BCUT2D eigenvalue weighted by Crippen LogP contribution is 2.20. The first-order valence-corrected chi connectivity index (χ1v) is 7.98. The van der Waals surface area contributed by atoms with E-state index in [2.05, 4.69) is 10.1 Å². The maximum absolute atomic E-state index is 12.7. The van der Waals surface area contributed by atoms with Crippen molar-refractivity contribution in [2.45, 2.75) is 25.9 Å². The van der Waals surface area contributed by atoms with Gasteiger partial charge in [-0.2, -0.15) is 5.10 Å². The summed E-state index contributed by atoms with van der Waals surface area (Å²) < 4.78 is 7.54. The van der Waals surface area contributed by atoms with E-state index >= 15 is 0 Å². The van der Waals surface area contributed by atoms with Crippen LogP contribution in [0, 0.1) is 6.92 Å². The fourth-order valence-corrected chi connectivity index (χ4v) is 2.91. The lowest BCUT2D eigenvalue weighted by molar-refractivity contribution is 0.0527. The Kier molecular flexibility index (Phi) is 4.52. The van der Waals surface area contributed by atoms with E-state index in [0.29, 0.717) is 23.0 Å². The molecule has 0 bridgehead atoms. The van der Waals surface area contributed by atoms with Crippen molar-refractivity contribution in [1.29, 1.82) is 0 Å². The molecule has 1 amide bonds. The van der Waals surface area contributed by atoms with Crippen molar-refractivity contribution in [3.63, 3.8) is 0 Å². The maximum atomic E-state index is 12.7. The minimum Gasteiger partial charge on any atom is -0.472 e. The fourth-order valence-electron chi connectivity index (χ4n) is 2.80. The summed E-state index contributed by atoms with van der Waals surface area (Å²) in [6, 6.07) is 3.49. The molecule has 7 heteroatoms. The van der Waals surface area contributed by atoms with E-state index in [1.54, 1.807) is 29.2 Å². The number of aryl methyl sites for hydroxylation is 2. The smallest absolute Gasteiger partial charge is 0.257 e. The van der Waals surface area contributed by atoms with Gasteiger partial charge in [-0.05, 0) is 25.8 Å². The molecule has 1 unspecified atom stereocenters. The second kappa shape index (κ2) is 6.58. The van der Waals surface area contributed by atoms with Gasteiger partial charge in [0.05, 0.1) is 22.8 Å². The molecule has 122 valence electrons. The third-order valence-corrected chi connectivity index (χ3v) is 4.12. The first-order chi connectivity index (χ1) is 11.0. The van der Waals surface area contributed by atoms with Crippen LogP contribution in [0.2, 0.25) is 5.02 Å². The summed E-state index contributed by atoms with van der Waals surface area (Å²) in [4.78, 5) is 18.6. The summed E-state index contributed by atoms with van der Waals surface area (Å²) in [5.74, 6) is 0.541. The molecule has 3 heterocycles.